The molecule has 31 heavy (non-hydrogen) atoms. The van der Waals surface area contributed by atoms with Gasteiger partial charge in [-0.05, 0) is 23.8 Å². The number of benzene rings is 2. The first-order valence-corrected chi connectivity index (χ1v) is 9.99. The molecule has 0 spiro atoms. The summed E-state index contributed by atoms with van der Waals surface area (Å²) in [5.74, 6) is -1.47. The molecule has 6 heteroatoms. The van der Waals surface area contributed by atoms with Gasteiger partial charge in [0, 0.05) is 11.3 Å². The SMILES string of the molecule is N#C[C@@]1(C(N)=O)C2C=Cc3ccccc3N2[C@H](C(=O)c2ccccc2)[C@H]1c1ccco1. The van der Waals surface area contributed by atoms with Crippen LogP contribution in [0.2, 0.25) is 0 Å². The number of anilines is 1. The molecule has 3 aromatic rings. The van der Waals surface area contributed by atoms with Crippen LogP contribution in [0.5, 0.6) is 0 Å². The standard InChI is InChI=1S/C25H19N3O3/c26-15-25(24(27)30)20-13-12-16-7-4-5-10-18(16)28(20)22(21(25)19-11-6-14-31-19)23(29)17-8-2-1-3-9-17/h1-14,20-22H,(H2,27,30)/t20?,21-,22+,25-/m1/s1. The van der Waals surface area contributed by atoms with Crippen molar-refractivity contribution in [3.05, 3.63) is 96.0 Å². The summed E-state index contributed by atoms with van der Waals surface area (Å²) < 4.78 is 5.67. The van der Waals surface area contributed by atoms with Crippen LogP contribution in [-0.2, 0) is 4.79 Å². The van der Waals surface area contributed by atoms with Crippen molar-refractivity contribution in [1.29, 1.82) is 5.26 Å². The Labute approximate surface area is 179 Å². The third-order valence-corrected chi connectivity index (χ3v) is 6.31. The van der Waals surface area contributed by atoms with Gasteiger partial charge < -0.3 is 15.1 Å². The number of carbonyl (C=O) groups excluding carboxylic acids is 2. The zero-order chi connectivity index (χ0) is 21.6. The maximum atomic E-state index is 13.9. The third-order valence-electron chi connectivity index (χ3n) is 6.31. The second kappa shape index (κ2) is 6.99. The van der Waals surface area contributed by atoms with Gasteiger partial charge >= 0.3 is 0 Å². The highest BCUT2D eigenvalue weighted by Gasteiger charge is 2.66. The lowest BCUT2D eigenvalue weighted by Crippen LogP contribution is -2.48. The smallest absolute Gasteiger partial charge is 0.241 e. The fourth-order valence-corrected chi connectivity index (χ4v) is 4.98. The van der Waals surface area contributed by atoms with Crippen LogP contribution >= 0.6 is 0 Å². The first-order chi connectivity index (χ1) is 15.1. The molecule has 0 saturated carbocycles. The summed E-state index contributed by atoms with van der Waals surface area (Å²) >= 11 is 0. The van der Waals surface area contributed by atoms with E-state index in [9.17, 15) is 14.9 Å². The minimum atomic E-state index is -1.68. The van der Waals surface area contributed by atoms with Crippen molar-refractivity contribution in [2.45, 2.75) is 18.0 Å². The van der Waals surface area contributed by atoms with Crippen LogP contribution in [0, 0.1) is 16.7 Å². The lowest BCUT2D eigenvalue weighted by atomic mass is 9.69. The molecule has 5 rings (SSSR count). The van der Waals surface area contributed by atoms with E-state index in [4.69, 9.17) is 10.2 Å². The zero-order valence-corrected chi connectivity index (χ0v) is 16.5. The molecule has 152 valence electrons. The molecule has 1 unspecified atom stereocenters. The topological polar surface area (TPSA) is 100 Å². The summed E-state index contributed by atoms with van der Waals surface area (Å²) in [6.07, 6.45) is 5.15. The highest BCUT2D eigenvalue weighted by atomic mass is 16.3. The second-order valence-electron chi connectivity index (χ2n) is 7.78. The Bertz CT molecular complexity index is 1230. The largest absolute Gasteiger partial charge is 0.469 e. The number of hydrogen-bond acceptors (Lipinski definition) is 5. The van der Waals surface area contributed by atoms with Gasteiger partial charge in [-0.3, -0.25) is 9.59 Å². The summed E-state index contributed by atoms with van der Waals surface area (Å²) in [6.45, 7) is 0. The molecule has 1 aromatic heterocycles. The lowest BCUT2D eigenvalue weighted by molar-refractivity contribution is -0.125. The van der Waals surface area contributed by atoms with Gasteiger partial charge in [0.1, 0.15) is 11.8 Å². The Hall–Kier alpha value is -4.11. The number of nitrogens with two attached hydrogens (primary N) is 1. The van der Waals surface area contributed by atoms with Crippen LogP contribution in [0.25, 0.3) is 6.08 Å². The van der Waals surface area contributed by atoms with Gasteiger partial charge in [0.05, 0.1) is 24.3 Å². The minimum absolute atomic E-state index is 0.199. The van der Waals surface area contributed by atoms with E-state index in [1.54, 1.807) is 42.5 Å². The van der Waals surface area contributed by atoms with E-state index >= 15 is 0 Å². The average molecular weight is 409 g/mol. The van der Waals surface area contributed by atoms with Gasteiger partial charge in [0.15, 0.2) is 11.2 Å². The van der Waals surface area contributed by atoms with Gasteiger partial charge in [-0.1, -0.05) is 60.7 Å². The summed E-state index contributed by atoms with van der Waals surface area (Å²) in [6, 6.07) is 20.5. The molecule has 2 aliphatic heterocycles. The lowest BCUT2D eigenvalue weighted by Gasteiger charge is -2.36. The Kier molecular flexibility index (Phi) is 4.26. The average Bonchev–Trinajstić information content (AvgIpc) is 3.43. The molecule has 2 aliphatic rings. The Morgan fingerprint density at radius 1 is 1.03 bits per heavy atom. The predicted molar refractivity (Wildman–Crippen MR) is 115 cm³/mol. The number of nitrogens with zero attached hydrogens (tertiary/aromatic N) is 2. The van der Waals surface area contributed by atoms with Crippen molar-refractivity contribution in [2.75, 3.05) is 4.90 Å². The van der Waals surface area contributed by atoms with E-state index in [2.05, 4.69) is 6.07 Å². The van der Waals surface area contributed by atoms with Crippen molar-refractivity contribution in [2.24, 2.45) is 11.1 Å². The van der Waals surface area contributed by atoms with Crippen molar-refractivity contribution < 1.29 is 14.0 Å². The van der Waals surface area contributed by atoms with Crippen LogP contribution in [0.4, 0.5) is 5.69 Å². The number of para-hydroxylation sites is 1. The van der Waals surface area contributed by atoms with E-state index < -0.39 is 29.3 Å². The fourth-order valence-electron chi connectivity index (χ4n) is 4.98. The molecular weight excluding hydrogens is 390 g/mol. The van der Waals surface area contributed by atoms with Crippen LogP contribution < -0.4 is 10.6 Å². The molecule has 3 heterocycles. The number of amides is 1. The first kappa shape index (κ1) is 18.9. The zero-order valence-electron chi connectivity index (χ0n) is 16.5. The van der Waals surface area contributed by atoms with E-state index in [0.717, 1.165) is 11.3 Å². The van der Waals surface area contributed by atoms with E-state index in [1.165, 1.54) is 6.26 Å². The number of primary amides is 1. The summed E-state index contributed by atoms with van der Waals surface area (Å²) in [7, 11) is 0. The summed E-state index contributed by atoms with van der Waals surface area (Å²) in [4.78, 5) is 28.7. The Morgan fingerprint density at radius 2 is 1.77 bits per heavy atom. The quantitative estimate of drug-likeness (QED) is 0.665. The number of ketones is 1. The van der Waals surface area contributed by atoms with Crippen LogP contribution in [-0.4, -0.2) is 23.8 Å². The molecule has 1 amide bonds. The highest BCUT2D eigenvalue weighted by molar-refractivity contribution is 6.06. The minimum Gasteiger partial charge on any atom is -0.469 e. The fraction of sp³-hybridized carbons (Fsp3) is 0.160. The molecular formula is C25H19N3O3. The van der Waals surface area contributed by atoms with Gasteiger partial charge in [0.2, 0.25) is 5.91 Å². The van der Waals surface area contributed by atoms with Gasteiger partial charge in [-0.15, -0.1) is 0 Å². The van der Waals surface area contributed by atoms with Gasteiger partial charge in [-0.2, -0.15) is 5.26 Å². The Balaban J connectivity index is 1.80. The number of Topliss-reactive ketones (excluding diaryl/α,β-unsaturated/α-hetero) is 1. The molecule has 0 aliphatic carbocycles. The summed E-state index contributed by atoms with van der Waals surface area (Å²) in [5.41, 5.74) is 6.38. The van der Waals surface area contributed by atoms with Gasteiger partial charge in [-0.25, -0.2) is 0 Å². The second-order valence-corrected chi connectivity index (χ2v) is 7.78. The number of rotatable bonds is 4. The maximum Gasteiger partial charge on any atom is 0.241 e. The van der Waals surface area contributed by atoms with Gasteiger partial charge in [0.25, 0.3) is 0 Å². The third kappa shape index (κ3) is 2.57. The van der Waals surface area contributed by atoms with Crippen molar-refractivity contribution in [3.8, 4) is 6.07 Å². The highest BCUT2D eigenvalue weighted by Crippen LogP contribution is 2.55. The molecule has 6 nitrogen and oxygen atoms in total. The van der Waals surface area contributed by atoms with E-state index in [-0.39, 0.29) is 5.78 Å². The number of hydrogen-bond donors (Lipinski definition) is 1. The van der Waals surface area contributed by atoms with Crippen LogP contribution in [0.3, 0.4) is 0 Å². The first-order valence-electron chi connectivity index (χ1n) is 9.99. The molecule has 0 bridgehead atoms. The van der Waals surface area contributed by atoms with Crippen molar-refractivity contribution in [3.63, 3.8) is 0 Å². The predicted octanol–water partition coefficient (Wildman–Crippen LogP) is 3.53. The molecule has 1 saturated heterocycles. The normalized spacial score (nSPS) is 26.0. The molecule has 1 fully saturated rings. The monoisotopic (exact) mass is 409 g/mol. The number of carbonyl (C=O) groups is 2. The van der Waals surface area contributed by atoms with E-state index in [0.29, 0.717) is 11.3 Å². The number of fused-ring (bicyclic) bond motifs is 3. The van der Waals surface area contributed by atoms with Crippen LogP contribution in [0.1, 0.15) is 27.6 Å². The number of furan rings is 1. The van der Waals surface area contributed by atoms with Crippen molar-refractivity contribution in [1.82, 2.24) is 0 Å². The van der Waals surface area contributed by atoms with Crippen LogP contribution in [0.15, 0.2) is 83.5 Å². The summed E-state index contributed by atoms with van der Waals surface area (Å²) in [5, 5.41) is 10.3. The van der Waals surface area contributed by atoms with E-state index in [1.807, 2.05) is 41.3 Å². The number of nitriles is 1. The van der Waals surface area contributed by atoms with Crippen molar-refractivity contribution >= 4 is 23.5 Å². The maximum absolute atomic E-state index is 13.9. The molecule has 0 radical (unpaired) electrons. The molecule has 2 N–H and O–H groups in total. The molecule has 4 atom stereocenters. The Morgan fingerprint density at radius 3 is 2.45 bits per heavy atom. The molecule has 2 aromatic carbocycles.